The fourth-order valence-electron chi connectivity index (χ4n) is 2.43. The van der Waals surface area contributed by atoms with Crippen LogP contribution in [0.15, 0.2) is 54.6 Å². The van der Waals surface area contributed by atoms with E-state index in [1.165, 1.54) is 0 Å². The van der Waals surface area contributed by atoms with Gasteiger partial charge in [0.15, 0.2) is 5.11 Å². The molecule has 8 heteroatoms. The molecule has 2 amide bonds. The molecule has 0 radical (unpaired) electrons. The van der Waals surface area contributed by atoms with Gasteiger partial charge in [0.2, 0.25) is 5.91 Å². The summed E-state index contributed by atoms with van der Waals surface area (Å²) in [7, 11) is 0. The summed E-state index contributed by atoms with van der Waals surface area (Å²) in [4.78, 5) is 24.4. The number of amides is 2. The number of hydrogen-bond donors (Lipinski definition) is 3. The van der Waals surface area contributed by atoms with E-state index < -0.39 is 5.91 Å². The molecule has 0 unspecified atom stereocenters. The van der Waals surface area contributed by atoms with E-state index in [1.807, 2.05) is 37.3 Å². The highest BCUT2D eigenvalue weighted by atomic mass is 32.1. The summed E-state index contributed by atoms with van der Waals surface area (Å²) in [6.45, 7) is 3.26. The minimum atomic E-state index is -0.437. The van der Waals surface area contributed by atoms with Crippen LogP contribution in [-0.2, 0) is 16.0 Å². The van der Waals surface area contributed by atoms with E-state index in [9.17, 15) is 9.59 Å². The Bertz CT molecular complexity index is 815. The fourth-order valence-corrected chi connectivity index (χ4v) is 2.57. The van der Waals surface area contributed by atoms with E-state index >= 15 is 0 Å². The molecule has 3 N–H and O–H groups in total. The monoisotopic (exact) mass is 415 g/mol. The second kappa shape index (κ2) is 12.5. The average Bonchev–Trinajstić information content (AvgIpc) is 2.75. The van der Waals surface area contributed by atoms with E-state index in [1.54, 1.807) is 24.3 Å². The van der Waals surface area contributed by atoms with Gasteiger partial charge in [0.25, 0.3) is 5.91 Å². The van der Waals surface area contributed by atoms with Crippen LogP contribution in [0, 0.1) is 0 Å². The second-order valence-corrected chi connectivity index (χ2v) is 6.39. The van der Waals surface area contributed by atoms with E-state index in [0.29, 0.717) is 44.0 Å². The Morgan fingerprint density at radius 2 is 1.69 bits per heavy atom. The Hall–Kier alpha value is -2.97. The van der Waals surface area contributed by atoms with Crippen LogP contribution in [0.2, 0.25) is 0 Å². The van der Waals surface area contributed by atoms with Crippen LogP contribution < -0.4 is 20.9 Å². The van der Waals surface area contributed by atoms with Gasteiger partial charge in [-0.2, -0.15) is 0 Å². The minimum absolute atomic E-state index is 0.00724. The van der Waals surface area contributed by atoms with Gasteiger partial charge in [-0.15, -0.1) is 0 Å². The first-order valence-electron chi connectivity index (χ1n) is 9.33. The molecule has 0 aromatic heterocycles. The summed E-state index contributed by atoms with van der Waals surface area (Å²) >= 11 is 5.07. The van der Waals surface area contributed by atoms with Crippen LogP contribution in [0.5, 0.6) is 5.75 Å². The number of nitrogens with one attached hydrogen (secondary N) is 3. The summed E-state index contributed by atoms with van der Waals surface area (Å²) < 4.78 is 10.8. The van der Waals surface area contributed by atoms with Crippen molar-refractivity contribution in [2.24, 2.45) is 0 Å². The topological polar surface area (TPSA) is 88.7 Å². The number of hydrazine groups is 1. The number of ether oxygens (including phenoxy) is 2. The maximum atomic E-state index is 12.5. The quantitative estimate of drug-likeness (QED) is 0.331. The number of benzene rings is 2. The van der Waals surface area contributed by atoms with Crippen molar-refractivity contribution in [2.45, 2.75) is 19.8 Å². The highest BCUT2D eigenvalue weighted by molar-refractivity contribution is 7.80. The number of carbonyl (C=O) groups excluding carboxylic acids is 2. The molecule has 0 saturated heterocycles. The van der Waals surface area contributed by atoms with E-state index in [2.05, 4.69) is 16.2 Å². The fraction of sp³-hybridized carbons (Fsp3) is 0.286. The van der Waals surface area contributed by atoms with Gasteiger partial charge in [-0.1, -0.05) is 42.5 Å². The lowest BCUT2D eigenvalue weighted by atomic mass is 10.1. The lowest BCUT2D eigenvalue weighted by Crippen LogP contribution is -2.48. The third-order valence-corrected chi connectivity index (χ3v) is 4.05. The molecular weight excluding hydrogens is 390 g/mol. The first kappa shape index (κ1) is 22.3. The second-order valence-electron chi connectivity index (χ2n) is 5.98. The van der Waals surface area contributed by atoms with Crippen molar-refractivity contribution in [3.8, 4) is 5.75 Å². The Kier molecular flexibility index (Phi) is 9.61. The van der Waals surface area contributed by atoms with E-state index in [4.69, 9.17) is 21.7 Å². The van der Waals surface area contributed by atoms with Crippen molar-refractivity contribution < 1.29 is 19.1 Å². The third-order valence-electron chi connectivity index (χ3n) is 3.85. The first-order valence-corrected chi connectivity index (χ1v) is 9.74. The average molecular weight is 416 g/mol. The molecule has 0 bridgehead atoms. The summed E-state index contributed by atoms with van der Waals surface area (Å²) in [6.07, 6.45) is 0.907. The number of carbonyl (C=O) groups is 2. The van der Waals surface area contributed by atoms with Crippen molar-refractivity contribution in [1.29, 1.82) is 0 Å². The van der Waals surface area contributed by atoms with Crippen LogP contribution in [0.4, 0.5) is 0 Å². The molecular formula is C21H25N3O4S. The summed E-state index contributed by atoms with van der Waals surface area (Å²) in [6, 6.07) is 16.5. The third kappa shape index (κ3) is 8.28. The van der Waals surface area contributed by atoms with Crippen LogP contribution in [-0.4, -0.2) is 36.7 Å². The molecule has 154 valence electrons. The van der Waals surface area contributed by atoms with Gasteiger partial charge >= 0.3 is 0 Å². The SMILES string of the molecule is CCOCCOc1ccccc1C(=O)NC(=S)NNC(=O)CCc1ccccc1. The van der Waals surface area contributed by atoms with Crippen molar-refractivity contribution in [3.63, 3.8) is 0 Å². The molecule has 0 saturated carbocycles. The summed E-state index contributed by atoms with van der Waals surface area (Å²) in [5.74, 6) is -0.238. The number of para-hydroxylation sites is 1. The van der Waals surface area contributed by atoms with Crippen molar-refractivity contribution in [2.75, 3.05) is 19.8 Å². The van der Waals surface area contributed by atoms with Gasteiger partial charge in [0.1, 0.15) is 12.4 Å². The van der Waals surface area contributed by atoms with Crippen LogP contribution >= 0.6 is 12.2 Å². The molecule has 2 rings (SSSR count). The zero-order valence-electron chi connectivity index (χ0n) is 16.3. The van der Waals surface area contributed by atoms with Crippen molar-refractivity contribution >= 4 is 29.1 Å². The van der Waals surface area contributed by atoms with Crippen LogP contribution in [0.1, 0.15) is 29.3 Å². The van der Waals surface area contributed by atoms with Gasteiger partial charge in [-0.25, -0.2) is 0 Å². The Labute approximate surface area is 175 Å². The Balaban J connectivity index is 1.77. The predicted molar refractivity (Wildman–Crippen MR) is 115 cm³/mol. The molecule has 2 aromatic rings. The maximum absolute atomic E-state index is 12.5. The Morgan fingerprint density at radius 1 is 0.966 bits per heavy atom. The normalized spacial score (nSPS) is 10.1. The molecule has 0 spiro atoms. The predicted octanol–water partition coefficient (Wildman–Crippen LogP) is 2.37. The van der Waals surface area contributed by atoms with Crippen molar-refractivity contribution in [1.82, 2.24) is 16.2 Å². The van der Waals surface area contributed by atoms with Gasteiger partial charge in [0.05, 0.1) is 12.2 Å². The molecule has 0 aliphatic heterocycles. The minimum Gasteiger partial charge on any atom is -0.490 e. The highest BCUT2D eigenvalue weighted by Crippen LogP contribution is 2.17. The number of thiocarbonyl (C=S) groups is 1. The van der Waals surface area contributed by atoms with Gasteiger partial charge in [-0.05, 0) is 43.3 Å². The van der Waals surface area contributed by atoms with Gasteiger partial charge < -0.3 is 9.47 Å². The smallest absolute Gasteiger partial charge is 0.261 e. The summed E-state index contributed by atoms with van der Waals surface area (Å²) in [5.41, 5.74) is 6.42. The molecule has 7 nitrogen and oxygen atoms in total. The van der Waals surface area contributed by atoms with Gasteiger partial charge in [-0.3, -0.25) is 25.8 Å². The number of rotatable bonds is 9. The molecule has 0 heterocycles. The maximum Gasteiger partial charge on any atom is 0.261 e. The standard InChI is InChI=1S/C21H25N3O4S/c1-2-27-14-15-28-18-11-7-6-10-17(18)20(26)22-21(29)24-23-19(25)13-12-16-8-4-3-5-9-16/h3-11H,2,12-15H2,1H3,(H,23,25)(H2,22,24,26,29). The van der Waals surface area contributed by atoms with Crippen LogP contribution in [0.3, 0.4) is 0 Å². The Morgan fingerprint density at radius 3 is 2.45 bits per heavy atom. The molecule has 0 aliphatic carbocycles. The van der Waals surface area contributed by atoms with Crippen LogP contribution in [0.25, 0.3) is 0 Å². The van der Waals surface area contributed by atoms with E-state index in [-0.39, 0.29) is 11.0 Å². The molecule has 0 fully saturated rings. The lowest BCUT2D eigenvalue weighted by Gasteiger charge is -2.13. The van der Waals surface area contributed by atoms with E-state index in [0.717, 1.165) is 5.56 Å². The molecule has 29 heavy (non-hydrogen) atoms. The largest absolute Gasteiger partial charge is 0.490 e. The lowest BCUT2D eigenvalue weighted by molar-refractivity contribution is -0.121. The van der Waals surface area contributed by atoms with Crippen molar-refractivity contribution in [3.05, 3.63) is 65.7 Å². The zero-order chi connectivity index (χ0) is 20.9. The van der Waals surface area contributed by atoms with Gasteiger partial charge in [0, 0.05) is 13.0 Å². The first-order chi connectivity index (χ1) is 14.1. The zero-order valence-corrected chi connectivity index (χ0v) is 17.1. The number of hydrogen-bond acceptors (Lipinski definition) is 5. The molecule has 0 atom stereocenters. The molecule has 2 aromatic carbocycles. The summed E-state index contributed by atoms with van der Waals surface area (Å²) in [5, 5.41) is 2.52. The number of aryl methyl sites for hydroxylation is 1. The highest BCUT2D eigenvalue weighted by Gasteiger charge is 2.14. The molecule has 0 aliphatic rings.